The van der Waals surface area contributed by atoms with Gasteiger partial charge in [0, 0.05) is 18.4 Å². The Morgan fingerprint density at radius 2 is 1.50 bits per heavy atom. The van der Waals surface area contributed by atoms with E-state index in [9.17, 15) is 9.18 Å². The molecule has 0 saturated heterocycles. The summed E-state index contributed by atoms with van der Waals surface area (Å²) < 4.78 is 18.8. The van der Waals surface area contributed by atoms with Crippen molar-refractivity contribution in [3.63, 3.8) is 0 Å². The molecule has 0 radical (unpaired) electrons. The normalized spacial score (nSPS) is 10.9. The highest BCUT2D eigenvalue weighted by atomic mass is 19.1. The number of hydrogen-bond acceptors (Lipinski definition) is 3. The molecule has 0 saturated carbocycles. The predicted molar refractivity (Wildman–Crippen MR) is 113 cm³/mol. The predicted octanol–water partition coefficient (Wildman–Crippen LogP) is 5.32. The molecule has 1 N–H and O–H groups in total. The number of hydrogen-bond donors (Lipinski definition) is 1. The van der Waals surface area contributed by atoms with E-state index in [1.807, 2.05) is 60.7 Å². The van der Waals surface area contributed by atoms with Crippen molar-refractivity contribution in [3.05, 3.63) is 114 Å². The quantitative estimate of drug-likeness (QED) is 0.457. The van der Waals surface area contributed by atoms with Gasteiger partial charge in [-0.2, -0.15) is 0 Å². The Balaban J connectivity index is 1.41. The summed E-state index contributed by atoms with van der Waals surface area (Å²) in [6, 6.07) is 25.5. The zero-order valence-electron chi connectivity index (χ0n) is 16.3. The summed E-state index contributed by atoms with van der Waals surface area (Å²) in [5, 5.41) is 3.11. The molecule has 4 nitrogen and oxygen atoms in total. The van der Waals surface area contributed by atoms with Crippen LogP contribution in [-0.4, -0.2) is 10.9 Å². The Morgan fingerprint density at radius 3 is 2.10 bits per heavy atom. The van der Waals surface area contributed by atoms with E-state index in [1.54, 1.807) is 18.3 Å². The Hall–Kier alpha value is -3.73. The number of carbonyl (C=O) groups excluding carboxylic acids is 1. The van der Waals surface area contributed by atoms with E-state index in [0.717, 1.165) is 16.7 Å². The first-order valence-corrected chi connectivity index (χ1v) is 9.79. The highest BCUT2D eigenvalue weighted by molar-refractivity contribution is 5.77. The van der Waals surface area contributed by atoms with Crippen molar-refractivity contribution < 1.29 is 13.6 Å². The maximum absolute atomic E-state index is 13.1. The van der Waals surface area contributed by atoms with E-state index in [4.69, 9.17) is 4.42 Å². The van der Waals surface area contributed by atoms with Crippen LogP contribution in [0.4, 0.5) is 4.39 Å². The van der Waals surface area contributed by atoms with Gasteiger partial charge in [-0.05, 0) is 35.4 Å². The first-order valence-electron chi connectivity index (χ1n) is 9.79. The Morgan fingerprint density at radius 1 is 0.900 bits per heavy atom. The fourth-order valence-corrected chi connectivity index (χ4v) is 3.28. The molecule has 3 aromatic carbocycles. The third kappa shape index (κ3) is 4.81. The number of nitrogens with zero attached hydrogens (tertiary/aromatic N) is 1. The summed E-state index contributed by atoms with van der Waals surface area (Å²) in [4.78, 5) is 16.9. The average molecular weight is 400 g/mol. The van der Waals surface area contributed by atoms with Crippen LogP contribution >= 0.6 is 0 Å². The minimum Gasteiger partial charge on any atom is -0.441 e. The maximum Gasteiger partial charge on any atom is 0.221 e. The molecular weight excluding hydrogens is 379 g/mol. The zero-order valence-corrected chi connectivity index (χ0v) is 16.3. The van der Waals surface area contributed by atoms with Crippen molar-refractivity contribution in [2.75, 3.05) is 0 Å². The molecule has 0 bridgehead atoms. The SMILES string of the molecule is O=C(CCc1ncc(-c2ccc(F)cc2)o1)NC(c1ccccc1)c1ccccc1. The van der Waals surface area contributed by atoms with Gasteiger partial charge in [-0.1, -0.05) is 60.7 Å². The van der Waals surface area contributed by atoms with Crippen LogP contribution in [0.3, 0.4) is 0 Å². The van der Waals surface area contributed by atoms with Crippen molar-refractivity contribution in [2.45, 2.75) is 18.9 Å². The third-order valence-corrected chi connectivity index (χ3v) is 4.82. The Labute approximate surface area is 174 Å². The number of benzene rings is 3. The molecule has 150 valence electrons. The van der Waals surface area contributed by atoms with Gasteiger partial charge in [-0.15, -0.1) is 0 Å². The van der Waals surface area contributed by atoms with E-state index < -0.39 is 0 Å². The number of rotatable bonds is 7. The molecule has 0 aliphatic rings. The van der Waals surface area contributed by atoms with Crippen molar-refractivity contribution in [2.24, 2.45) is 0 Å². The molecule has 30 heavy (non-hydrogen) atoms. The minimum absolute atomic E-state index is 0.0887. The molecule has 0 spiro atoms. The monoisotopic (exact) mass is 400 g/mol. The number of aryl methyl sites for hydroxylation is 1. The number of halogens is 1. The molecule has 1 aromatic heterocycles. The van der Waals surface area contributed by atoms with Gasteiger partial charge in [0.15, 0.2) is 11.7 Å². The molecule has 1 amide bonds. The van der Waals surface area contributed by atoms with Gasteiger partial charge in [0.25, 0.3) is 0 Å². The van der Waals surface area contributed by atoms with Gasteiger partial charge in [-0.3, -0.25) is 4.79 Å². The first kappa shape index (κ1) is 19.6. The summed E-state index contributed by atoms with van der Waals surface area (Å²) in [6.45, 7) is 0. The lowest BCUT2D eigenvalue weighted by Gasteiger charge is -2.19. The summed E-state index contributed by atoms with van der Waals surface area (Å²) in [7, 11) is 0. The van der Waals surface area contributed by atoms with Crippen LogP contribution < -0.4 is 5.32 Å². The zero-order chi connectivity index (χ0) is 20.8. The fourth-order valence-electron chi connectivity index (χ4n) is 3.28. The second kappa shape index (κ2) is 9.18. The van der Waals surface area contributed by atoms with Crippen LogP contribution in [0.25, 0.3) is 11.3 Å². The molecule has 0 unspecified atom stereocenters. The van der Waals surface area contributed by atoms with Gasteiger partial charge >= 0.3 is 0 Å². The topological polar surface area (TPSA) is 55.1 Å². The second-order valence-electron chi connectivity index (χ2n) is 6.95. The smallest absolute Gasteiger partial charge is 0.221 e. The van der Waals surface area contributed by atoms with Gasteiger partial charge in [0.1, 0.15) is 5.82 Å². The van der Waals surface area contributed by atoms with E-state index in [2.05, 4.69) is 10.3 Å². The highest BCUT2D eigenvalue weighted by Gasteiger charge is 2.17. The summed E-state index contributed by atoms with van der Waals surface area (Å²) in [6.07, 6.45) is 2.22. The van der Waals surface area contributed by atoms with E-state index >= 15 is 0 Å². The molecule has 1 heterocycles. The lowest BCUT2D eigenvalue weighted by molar-refractivity contribution is -0.121. The fraction of sp³-hybridized carbons (Fsp3) is 0.120. The first-order chi connectivity index (χ1) is 14.7. The van der Waals surface area contributed by atoms with Crippen molar-refractivity contribution in [1.29, 1.82) is 0 Å². The van der Waals surface area contributed by atoms with Gasteiger partial charge in [0.05, 0.1) is 12.2 Å². The lowest BCUT2D eigenvalue weighted by atomic mass is 9.98. The highest BCUT2D eigenvalue weighted by Crippen LogP contribution is 2.23. The standard InChI is InChI=1S/C25H21FN2O2/c26-21-13-11-18(12-14-21)22-17-27-24(30-22)16-15-23(29)28-25(19-7-3-1-4-8-19)20-9-5-2-6-10-20/h1-14,17,25H,15-16H2,(H,28,29). The molecule has 0 fully saturated rings. The molecule has 4 rings (SSSR count). The minimum atomic E-state index is -0.304. The van der Waals surface area contributed by atoms with Crippen LogP contribution in [-0.2, 0) is 11.2 Å². The van der Waals surface area contributed by atoms with Gasteiger partial charge in [0.2, 0.25) is 5.91 Å². The molecule has 4 aromatic rings. The second-order valence-corrected chi connectivity index (χ2v) is 6.95. The summed E-state index contributed by atoms with van der Waals surface area (Å²) >= 11 is 0. The van der Waals surface area contributed by atoms with Crippen molar-refractivity contribution >= 4 is 5.91 Å². The van der Waals surface area contributed by atoms with E-state index in [0.29, 0.717) is 18.1 Å². The van der Waals surface area contributed by atoms with Crippen molar-refractivity contribution in [1.82, 2.24) is 10.3 Å². The van der Waals surface area contributed by atoms with Crippen LogP contribution in [0, 0.1) is 5.82 Å². The molecule has 0 atom stereocenters. The average Bonchev–Trinajstić information content (AvgIpc) is 3.27. The van der Waals surface area contributed by atoms with E-state index in [-0.39, 0.29) is 24.2 Å². The number of oxazole rings is 1. The molecule has 5 heteroatoms. The Bertz CT molecular complexity index is 1050. The lowest BCUT2D eigenvalue weighted by Crippen LogP contribution is -2.29. The van der Waals surface area contributed by atoms with Crippen LogP contribution in [0.15, 0.2) is 95.5 Å². The largest absolute Gasteiger partial charge is 0.441 e. The van der Waals surface area contributed by atoms with Crippen molar-refractivity contribution in [3.8, 4) is 11.3 Å². The van der Waals surface area contributed by atoms with Crippen LogP contribution in [0.5, 0.6) is 0 Å². The van der Waals surface area contributed by atoms with Gasteiger partial charge in [-0.25, -0.2) is 9.37 Å². The third-order valence-electron chi connectivity index (χ3n) is 4.82. The molecule has 0 aliphatic carbocycles. The molecular formula is C25H21FN2O2. The summed E-state index contributed by atoms with van der Waals surface area (Å²) in [5.41, 5.74) is 2.78. The number of nitrogens with one attached hydrogen (secondary N) is 1. The molecule has 0 aliphatic heterocycles. The maximum atomic E-state index is 13.1. The van der Waals surface area contributed by atoms with Gasteiger partial charge < -0.3 is 9.73 Å². The number of carbonyl (C=O) groups is 1. The summed E-state index contributed by atoms with van der Waals surface area (Å²) in [5.74, 6) is 0.632. The van der Waals surface area contributed by atoms with Crippen LogP contribution in [0.1, 0.15) is 29.5 Å². The Kier molecular flexibility index (Phi) is 5.99. The number of aromatic nitrogens is 1. The van der Waals surface area contributed by atoms with Crippen LogP contribution in [0.2, 0.25) is 0 Å². The van der Waals surface area contributed by atoms with E-state index in [1.165, 1.54) is 12.1 Å². The number of amides is 1.